The van der Waals surface area contributed by atoms with Crippen LogP contribution in [0.25, 0.3) is 0 Å². The van der Waals surface area contributed by atoms with Crippen molar-refractivity contribution >= 4 is 40.8 Å². The van der Waals surface area contributed by atoms with Crippen LogP contribution in [0.2, 0.25) is 15.1 Å². The average Bonchev–Trinajstić information content (AvgIpc) is 2.45. The Balaban J connectivity index is 2.21. The standard InChI is InChI=1S/C13H8Cl3NO3/c1-19-7-2-4-8(5-3-7)20-13(18)12-11(16)10(15)9(14)6-17-12/h2-6H,1H3. The molecule has 1 aromatic heterocycles. The second kappa shape index (κ2) is 6.31. The van der Waals surface area contributed by atoms with E-state index in [2.05, 4.69) is 4.98 Å². The molecule has 1 heterocycles. The van der Waals surface area contributed by atoms with Crippen LogP contribution in [0.5, 0.6) is 11.5 Å². The summed E-state index contributed by atoms with van der Waals surface area (Å²) in [4.78, 5) is 15.8. The Hall–Kier alpha value is -1.49. The molecule has 0 spiro atoms. The molecule has 0 bridgehead atoms. The smallest absolute Gasteiger partial charge is 0.363 e. The molecule has 0 saturated heterocycles. The Morgan fingerprint density at radius 2 is 1.65 bits per heavy atom. The van der Waals surface area contributed by atoms with Crippen LogP contribution >= 0.6 is 34.8 Å². The second-order valence-electron chi connectivity index (χ2n) is 3.65. The first-order valence-electron chi connectivity index (χ1n) is 5.38. The van der Waals surface area contributed by atoms with E-state index in [0.29, 0.717) is 11.5 Å². The van der Waals surface area contributed by atoms with Gasteiger partial charge in [0.15, 0.2) is 5.69 Å². The Morgan fingerprint density at radius 1 is 1.05 bits per heavy atom. The summed E-state index contributed by atoms with van der Waals surface area (Å²) in [5.41, 5.74) is -0.100. The number of aromatic nitrogens is 1. The van der Waals surface area contributed by atoms with Gasteiger partial charge < -0.3 is 9.47 Å². The summed E-state index contributed by atoms with van der Waals surface area (Å²) in [5, 5.41) is 0.181. The molecule has 0 aliphatic rings. The lowest BCUT2D eigenvalue weighted by Gasteiger charge is -2.07. The number of halogens is 3. The van der Waals surface area contributed by atoms with Crippen LogP contribution in [0.15, 0.2) is 30.5 Å². The third-order valence-corrected chi connectivity index (χ3v) is 3.62. The highest BCUT2D eigenvalue weighted by molar-refractivity contribution is 6.48. The van der Waals surface area contributed by atoms with Crippen molar-refractivity contribution in [2.75, 3.05) is 7.11 Å². The third-order valence-electron chi connectivity index (χ3n) is 2.38. The molecule has 4 nitrogen and oxygen atoms in total. The summed E-state index contributed by atoms with van der Waals surface area (Å²) in [6.45, 7) is 0. The second-order valence-corrected chi connectivity index (χ2v) is 4.81. The highest BCUT2D eigenvalue weighted by atomic mass is 35.5. The normalized spacial score (nSPS) is 10.2. The Bertz CT molecular complexity index is 644. The lowest BCUT2D eigenvalue weighted by atomic mass is 10.3. The van der Waals surface area contributed by atoms with E-state index in [4.69, 9.17) is 44.3 Å². The summed E-state index contributed by atoms with van der Waals surface area (Å²) in [5.74, 6) is 0.258. The first-order chi connectivity index (χ1) is 9.52. The molecule has 7 heteroatoms. The monoisotopic (exact) mass is 331 g/mol. The third kappa shape index (κ3) is 3.15. The van der Waals surface area contributed by atoms with Gasteiger partial charge in [-0.05, 0) is 24.3 Å². The van der Waals surface area contributed by atoms with E-state index in [1.807, 2.05) is 0 Å². The van der Waals surface area contributed by atoms with Gasteiger partial charge >= 0.3 is 5.97 Å². The highest BCUT2D eigenvalue weighted by Gasteiger charge is 2.19. The predicted molar refractivity (Wildman–Crippen MR) is 77.2 cm³/mol. The summed E-state index contributed by atoms with van der Waals surface area (Å²) < 4.78 is 10.1. The molecule has 0 radical (unpaired) electrons. The molecule has 0 aliphatic heterocycles. The molecule has 2 aromatic rings. The number of carbonyl (C=O) groups excluding carboxylic acids is 1. The van der Waals surface area contributed by atoms with Crippen LogP contribution in [0.1, 0.15) is 10.5 Å². The number of carbonyl (C=O) groups is 1. The topological polar surface area (TPSA) is 48.4 Å². The maximum Gasteiger partial charge on any atom is 0.363 e. The number of hydrogen-bond donors (Lipinski definition) is 0. The van der Waals surface area contributed by atoms with Gasteiger partial charge in [0, 0.05) is 6.20 Å². The average molecular weight is 333 g/mol. The van der Waals surface area contributed by atoms with Crippen LogP contribution in [0, 0.1) is 0 Å². The van der Waals surface area contributed by atoms with E-state index >= 15 is 0 Å². The number of pyridine rings is 1. The number of methoxy groups -OCH3 is 1. The number of ether oxygens (including phenoxy) is 2. The zero-order valence-corrected chi connectivity index (χ0v) is 12.5. The summed E-state index contributed by atoms with van der Waals surface area (Å²) in [6, 6.07) is 6.49. The van der Waals surface area contributed by atoms with E-state index in [1.54, 1.807) is 31.4 Å². The van der Waals surface area contributed by atoms with Gasteiger partial charge in [-0.3, -0.25) is 0 Å². The van der Waals surface area contributed by atoms with E-state index in [9.17, 15) is 4.79 Å². The molecule has 0 amide bonds. The van der Waals surface area contributed by atoms with Crippen molar-refractivity contribution < 1.29 is 14.3 Å². The summed E-state index contributed by atoms with van der Waals surface area (Å²) in [6.07, 6.45) is 1.24. The van der Waals surface area contributed by atoms with Gasteiger partial charge in [-0.1, -0.05) is 34.8 Å². The number of rotatable bonds is 3. The SMILES string of the molecule is COc1ccc(OC(=O)c2ncc(Cl)c(Cl)c2Cl)cc1. The van der Waals surface area contributed by atoms with Gasteiger partial charge in [0.25, 0.3) is 0 Å². The quantitative estimate of drug-likeness (QED) is 0.622. The lowest BCUT2D eigenvalue weighted by molar-refractivity contribution is 0.0728. The highest BCUT2D eigenvalue weighted by Crippen LogP contribution is 2.31. The number of esters is 1. The predicted octanol–water partition coefficient (Wildman–Crippen LogP) is 4.27. The Labute approximate surface area is 130 Å². The maximum absolute atomic E-state index is 12.0. The summed E-state index contributed by atoms with van der Waals surface area (Å²) in [7, 11) is 1.54. The van der Waals surface area contributed by atoms with Gasteiger partial charge in [0.05, 0.1) is 22.2 Å². The van der Waals surface area contributed by atoms with Crippen molar-refractivity contribution in [3.05, 3.63) is 51.2 Å². The fourth-order valence-corrected chi connectivity index (χ4v) is 1.94. The van der Waals surface area contributed by atoms with Crippen LogP contribution in [0.4, 0.5) is 0 Å². The minimum absolute atomic E-state index is 0.0438. The molecule has 104 valence electrons. The van der Waals surface area contributed by atoms with Crippen molar-refractivity contribution in [1.82, 2.24) is 4.98 Å². The molecule has 0 fully saturated rings. The van der Waals surface area contributed by atoms with E-state index in [-0.39, 0.29) is 20.8 Å². The zero-order chi connectivity index (χ0) is 14.7. The fraction of sp³-hybridized carbons (Fsp3) is 0.0769. The maximum atomic E-state index is 12.0. The molecule has 1 aromatic carbocycles. The zero-order valence-electron chi connectivity index (χ0n) is 10.2. The molecule has 0 saturated carbocycles. The molecule has 0 N–H and O–H groups in total. The van der Waals surface area contributed by atoms with Crippen molar-refractivity contribution in [2.45, 2.75) is 0 Å². The minimum Gasteiger partial charge on any atom is -0.497 e. The van der Waals surface area contributed by atoms with Crippen LogP contribution in [-0.2, 0) is 0 Å². The first-order valence-corrected chi connectivity index (χ1v) is 6.52. The number of hydrogen-bond acceptors (Lipinski definition) is 4. The molecule has 2 rings (SSSR count). The van der Waals surface area contributed by atoms with Crippen molar-refractivity contribution in [3.63, 3.8) is 0 Å². The largest absolute Gasteiger partial charge is 0.497 e. The number of nitrogens with zero attached hydrogens (tertiary/aromatic N) is 1. The molecule has 0 unspecified atom stereocenters. The van der Waals surface area contributed by atoms with Gasteiger partial charge in [0.2, 0.25) is 0 Å². The Morgan fingerprint density at radius 3 is 2.25 bits per heavy atom. The van der Waals surface area contributed by atoms with Crippen LogP contribution in [0.3, 0.4) is 0 Å². The van der Waals surface area contributed by atoms with E-state index in [0.717, 1.165) is 0 Å². The fourth-order valence-electron chi connectivity index (χ4n) is 1.38. The summed E-state index contributed by atoms with van der Waals surface area (Å²) >= 11 is 17.5. The van der Waals surface area contributed by atoms with Gasteiger partial charge in [-0.25, -0.2) is 9.78 Å². The Kier molecular flexibility index (Phi) is 4.70. The van der Waals surface area contributed by atoms with Gasteiger partial charge in [-0.15, -0.1) is 0 Å². The van der Waals surface area contributed by atoms with Crippen molar-refractivity contribution in [3.8, 4) is 11.5 Å². The molecule has 20 heavy (non-hydrogen) atoms. The van der Waals surface area contributed by atoms with Gasteiger partial charge in [0.1, 0.15) is 11.5 Å². The first kappa shape index (κ1) is 14.9. The number of benzene rings is 1. The minimum atomic E-state index is -0.723. The molecular formula is C13H8Cl3NO3. The van der Waals surface area contributed by atoms with Gasteiger partial charge in [-0.2, -0.15) is 0 Å². The lowest BCUT2D eigenvalue weighted by Crippen LogP contribution is -2.11. The van der Waals surface area contributed by atoms with Crippen molar-refractivity contribution in [2.24, 2.45) is 0 Å². The molecule has 0 aliphatic carbocycles. The van der Waals surface area contributed by atoms with Crippen LogP contribution < -0.4 is 9.47 Å². The van der Waals surface area contributed by atoms with Crippen LogP contribution in [-0.4, -0.2) is 18.1 Å². The van der Waals surface area contributed by atoms with Crippen molar-refractivity contribution in [1.29, 1.82) is 0 Å². The molecule has 0 atom stereocenters. The van der Waals surface area contributed by atoms with E-state index < -0.39 is 5.97 Å². The molecular weight excluding hydrogens is 325 g/mol. The van der Waals surface area contributed by atoms with E-state index in [1.165, 1.54) is 6.20 Å².